The minimum atomic E-state index is 0.694. The van der Waals surface area contributed by atoms with Crippen molar-refractivity contribution in [1.29, 1.82) is 0 Å². The highest BCUT2D eigenvalue weighted by Crippen LogP contribution is 2.43. The maximum atomic E-state index is 2.39. The minimum Gasteiger partial charge on any atom is -0.0654 e. The van der Waals surface area contributed by atoms with E-state index >= 15 is 0 Å². The highest BCUT2D eigenvalue weighted by molar-refractivity contribution is 4.82. The van der Waals surface area contributed by atoms with Crippen LogP contribution in [-0.4, -0.2) is 0 Å². The topological polar surface area (TPSA) is 0 Å². The molecule has 0 bridgehead atoms. The van der Waals surface area contributed by atoms with Crippen molar-refractivity contribution in [2.75, 3.05) is 0 Å². The third-order valence-electron chi connectivity index (χ3n) is 17.2. The third-order valence-corrected chi connectivity index (χ3v) is 17.2. The lowest BCUT2D eigenvalue weighted by Crippen LogP contribution is -2.23. The number of hydrogen-bond acceptors (Lipinski definition) is 0. The number of hydrogen-bond donors (Lipinski definition) is 0. The molecule has 8 aliphatic carbocycles. The van der Waals surface area contributed by atoms with E-state index in [4.69, 9.17) is 0 Å². The molecule has 0 N–H and O–H groups in total. The summed E-state index contributed by atoms with van der Waals surface area (Å²) in [5.41, 5.74) is 2.22. The summed E-state index contributed by atoms with van der Waals surface area (Å²) in [6.45, 7) is 32.6. The van der Waals surface area contributed by atoms with Crippen molar-refractivity contribution in [2.45, 2.75) is 296 Å². The van der Waals surface area contributed by atoms with Crippen molar-refractivity contribution in [3.8, 4) is 0 Å². The first-order valence-corrected chi connectivity index (χ1v) is 26.6. The van der Waals surface area contributed by atoms with Gasteiger partial charge in [-0.2, -0.15) is 0 Å². The van der Waals surface area contributed by atoms with E-state index in [0.717, 1.165) is 58.2 Å². The van der Waals surface area contributed by atoms with Gasteiger partial charge >= 0.3 is 0 Å². The van der Waals surface area contributed by atoms with Gasteiger partial charge in [0.2, 0.25) is 0 Å². The van der Waals surface area contributed by atoms with Crippen molar-refractivity contribution >= 4 is 0 Å². The summed E-state index contributed by atoms with van der Waals surface area (Å²) in [7, 11) is 0. The molecule has 0 spiro atoms. The average molecular weight is 786 g/mol. The van der Waals surface area contributed by atoms with Gasteiger partial charge in [0, 0.05) is 0 Å². The van der Waals surface area contributed by atoms with Gasteiger partial charge in [0.1, 0.15) is 0 Å². The second kappa shape index (κ2) is 30.1. The van der Waals surface area contributed by atoms with Crippen molar-refractivity contribution in [3.63, 3.8) is 0 Å². The minimum absolute atomic E-state index is 0.694. The summed E-state index contributed by atoms with van der Waals surface area (Å²) in [5.74, 6) is 8.53. The largest absolute Gasteiger partial charge is 0.0654 e. The molecule has 8 saturated carbocycles. The first-order chi connectivity index (χ1) is 26.6. The average Bonchev–Trinajstić information content (AvgIpc) is 3.78. The molecule has 1 unspecified atom stereocenters. The van der Waals surface area contributed by atoms with E-state index in [1.165, 1.54) is 199 Å². The van der Waals surface area contributed by atoms with Crippen LogP contribution in [0.4, 0.5) is 0 Å². The molecule has 56 heavy (non-hydrogen) atoms. The van der Waals surface area contributed by atoms with Crippen LogP contribution in [0.15, 0.2) is 0 Å². The lowest BCUT2D eigenvalue weighted by atomic mass is 9.69. The summed E-state index contributed by atoms with van der Waals surface area (Å²) < 4.78 is 0. The Morgan fingerprint density at radius 3 is 1.02 bits per heavy atom. The lowest BCUT2D eigenvalue weighted by Gasteiger charge is -2.37. The molecule has 8 rings (SSSR count). The molecule has 0 aromatic carbocycles. The SMILES string of the molecule is CC(C)C1CCC1.CC1(C)CCCC1.CCC1(C)CCC1.CCC1(C)CCC1.CCC1CC(C)C1.CCC1CCCC1.CCC1CC[C@@H]1C.CCCC1CCC1. The zero-order chi connectivity index (χ0) is 42.0. The Hall–Kier alpha value is 0. The molecule has 0 saturated heterocycles. The van der Waals surface area contributed by atoms with E-state index in [-0.39, 0.29) is 0 Å². The lowest BCUT2D eigenvalue weighted by molar-refractivity contribution is 0.155. The van der Waals surface area contributed by atoms with Crippen LogP contribution in [-0.2, 0) is 0 Å². The van der Waals surface area contributed by atoms with E-state index in [0.29, 0.717) is 5.41 Å². The van der Waals surface area contributed by atoms with Gasteiger partial charge in [-0.15, -0.1) is 0 Å². The predicted octanol–water partition coefficient (Wildman–Crippen LogP) is 20.3. The van der Waals surface area contributed by atoms with E-state index in [1.807, 2.05) is 0 Å². The molecule has 2 atom stereocenters. The summed E-state index contributed by atoms with van der Waals surface area (Å²) in [4.78, 5) is 0. The summed E-state index contributed by atoms with van der Waals surface area (Å²) in [5, 5.41) is 0. The fourth-order valence-electron chi connectivity index (χ4n) is 10.1. The zero-order valence-corrected chi connectivity index (χ0v) is 42.0. The fraction of sp³-hybridized carbons (Fsp3) is 1.00. The van der Waals surface area contributed by atoms with Gasteiger partial charge < -0.3 is 0 Å². The molecule has 0 radical (unpaired) electrons. The van der Waals surface area contributed by atoms with Crippen LogP contribution in [0.5, 0.6) is 0 Å². The van der Waals surface area contributed by atoms with E-state index in [1.54, 1.807) is 0 Å². The summed E-state index contributed by atoms with van der Waals surface area (Å²) in [6.07, 6.45) is 45.6. The molecule has 0 nitrogen and oxygen atoms in total. The summed E-state index contributed by atoms with van der Waals surface area (Å²) >= 11 is 0. The van der Waals surface area contributed by atoms with Crippen LogP contribution in [0.1, 0.15) is 296 Å². The van der Waals surface area contributed by atoms with E-state index in [9.17, 15) is 0 Å². The van der Waals surface area contributed by atoms with Gasteiger partial charge in [-0.05, 0) is 121 Å². The maximum absolute atomic E-state index is 2.39. The van der Waals surface area contributed by atoms with Gasteiger partial charge in [-0.3, -0.25) is 0 Å². The van der Waals surface area contributed by atoms with Crippen LogP contribution in [0, 0.1) is 63.6 Å². The third kappa shape index (κ3) is 23.7. The van der Waals surface area contributed by atoms with Crippen LogP contribution in [0.3, 0.4) is 0 Å². The van der Waals surface area contributed by atoms with Crippen molar-refractivity contribution < 1.29 is 0 Å². The predicted molar refractivity (Wildman–Crippen MR) is 258 cm³/mol. The molecule has 8 aliphatic rings. The van der Waals surface area contributed by atoms with Crippen molar-refractivity contribution in [1.82, 2.24) is 0 Å². The van der Waals surface area contributed by atoms with Crippen LogP contribution < -0.4 is 0 Å². The molecule has 8 fully saturated rings. The van der Waals surface area contributed by atoms with Crippen LogP contribution in [0.25, 0.3) is 0 Å². The van der Waals surface area contributed by atoms with Crippen LogP contribution >= 0.6 is 0 Å². The van der Waals surface area contributed by atoms with Gasteiger partial charge in [-0.1, -0.05) is 238 Å². The Kier molecular flexibility index (Phi) is 29.0. The Morgan fingerprint density at radius 1 is 0.464 bits per heavy atom. The molecule has 0 aromatic heterocycles. The molecular formula is C56H112. The molecule has 0 heterocycles. The van der Waals surface area contributed by atoms with Gasteiger partial charge in [0.05, 0.1) is 0 Å². The summed E-state index contributed by atoms with van der Waals surface area (Å²) in [6, 6.07) is 0. The van der Waals surface area contributed by atoms with Gasteiger partial charge in [-0.25, -0.2) is 0 Å². The molecule has 0 amide bonds. The Labute approximate surface area is 358 Å². The first kappa shape index (κ1) is 54.0. The second-order valence-electron chi connectivity index (χ2n) is 23.1. The van der Waals surface area contributed by atoms with Crippen molar-refractivity contribution in [2.24, 2.45) is 63.6 Å². The second-order valence-corrected chi connectivity index (χ2v) is 23.1. The quantitative estimate of drug-likeness (QED) is 0.230. The molecule has 336 valence electrons. The molecule has 0 aliphatic heterocycles. The van der Waals surface area contributed by atoms with Crippen LogP contribution in [0.2, 0.25) is 0 Å². The molecular weight excluding hydrogens is 673 g/mol. The Morgan fingerprint density at radius 2 is 0.929 bits per heavy atom. The van der Waals surface area contributed by atoms with Gasteiger partial charge in [0.15, 0.2) is 0 Å². The number of rotatable bonds is 8. The van der Waals surface area contributed by atoms with Crippen molar-refractivity contribution in [3.05, 3.63) is 0 Å². The fourth-order valence-corrected chi connectivity index (χ4v) is 10.1. The normalized spacial score (nSPS) is 28.8. The molecule has 0 heteroatoms. The maximum Gasteiger partial charge on any atom is -0.0328 e. The highest BCUT2D eigenvalue weighted by atomic mass is 14.4. The molecule has 0 aromatic rings. The zero-order valence-electron chi connectivity index (χ0n) is 42.0. The first-order valence-electron chi connectivity index (χ1n) is 26.6. The van der Waals surface area contributed by atoms with E-state index < -0.39 is 0 Å². The highest BCUT2D eigenvalue weighted by Gasteiger charge is 2.30. The monoisotopic (exact) mass is 785 g/mol. The standard InChI is InChI=1S/8C7H14/c1-7(2)5-3-4-6-7;1-6(2)7-4-3-5-7;1-3-7-4-6(2)5-7;2*1-3-7(2)5-4-6-7;1-3-7-5-4-6(7)2;1-2-7-5-3-4-6-7;1-2-4-7-5-3-6-7/h3-6H2,1-2H3;2*6-7H,3-5H2,1-2H3;2*3-6H2,1-2H3;6-7H,3-5H2,1-2H3;2*7H,2-6H2,1H3/t;;;;;6-,7?;;/m.....0../s1. The smallest absolute Gasteiger partial charge is 0.0328 e. The van der Waals surface area contributed by atoms with E-state index in [2.05, 4.69) is 96.9 Å². The Balaban J connectivity index is 0.000000320. The Bertz CT molecular complexity index is 810. The van der Waals surface area contributed by atoms with Gasteiger partial charge in [0.25, 0.3) is 0 Å².